The molecule has 2 amide bonds. The molecule has 7 heteroatoms. The van der Waals surface area contributed by atoms with Crippen molar-refractivity contribution in [1.82, 2.24) is 15.2 Å². The summed E-state index contributed by atoms with van der Waals surface area (Å²) in [6.07, 6.45) is 0.839. The van der Waals surface area contributed by atoms with Gasteiger partial charge in [-0.05, 0) is 19.1 Å². The summed E-state index contributed by atoms with van der Waals surface area (Å²) in [6, 6.07) is 8.07. The first kappa shape index (κ1) is 17.5. The number of nitrogens with one attached hydrogen (secondary N) is 1. The lowest BCUT2D eigenvalue weighted by Crippen LogP contribution is -2.52. The predicted molar refractivity (Wildman–Crippen MR) is 101 cm³/mol. The zero-order chi connectivity index (χ0) is 17.6. The van der Waals surface area contributed by atoms with E-state index in [4.69, 9.17) is 4.74 Å². The van der Waals surface area contributed by atoms with Crippen molar-refractivity contribution in [1.29, 1.82) is 0 Å². The van der Waals surface area contributed by atoms with Crippen LogP contribution >= 0.6 is 11.3 Å². The van der Waals surface area contributed by atoms with Crippen LogP contribution in [0, 0.1) is 6.92 Å². The summed E-state index contributed by atoms with van der Waals surface area (Å²) >= 11 is 1.64. The zero-order valence-corrected chi connectivity index (χ0v) is 15.5. The highest BCUT2D eigenvalue weighted by Crippen LogP contribution is 2.22. The Labute approximate surface area is 152 Å². The Hall–Kier alpha value is -2.28. The van der Waals surface area contributed by atoms with E-state index < -0.39 is 0 Å². The molecule has 0 aliphatic carbocycles. The average molecular weight is 360 g/mol. The number of thiazole rings is 1. The van der Waals surface area contributed by atoms with Crippen molar-refractivity contribution in [2.24, 2.45) is 0 Å². The first-order valence-electron chi connectivity index (χ1n) is 8.48. The van der Waals surface area contributed by atoms with Crippen LogP contribution in [0.4, 0.5) is 10.5 Å². The summed E-state index contributed by atoms with van der Waals surface area (Å²) < 4.78 is 5.28. The van der Waals surface area contributed by atoms with Crippen LogP contribution in [0.5, 0.6) is 5.75 Å². The quantitative estimate of drug-likeness (QED) is 0.890. The highest BCUT2D eigenvalue weighted by atomic mass is 32.1. The fraction of sp³-hybridized carbons (Fsp3) is 0.444. The van der Waals surface area contributed by atoms with E-state index in [-0.39, 0.29) is 6.03 Å². The van der Waals surface area contributed by atoms with Crippen LogP contribution in [0.25, 0.3) is 0 Å². The summed E-state index contributed by atoms with van der Waals surface area (Å²) in [5.74, 6) is 0.857. The number of aromatic nitrogens is 1. The second kappa shape index (κ2) is 8.20. The first-order valence-corrected chi connectivity index (χ1v) is 9.36. The molecule has 1 fully saturated rings. The Balaban J connectivity index is 1.45. The molecule has 0 atom stereocenters. The molecule has 2 heterocycles. The van der Waals surface area contributed by atoms with Crippen LogP contribution in [0.1, 0.15) is 10.6 Å². The van der Waals surface area contributed by atoms with Crippen molar-refractivity contribution < 1.29 is 9.53 Å². The molecule has 1 N–H and O–H groups in total. The maximum Gasteiger partial charge on any atom is 0.317 e. The Morgan fingerprint density at radius 3 is 2.80 bits per heavy atom. The number of rotatable bonds is 5. The molecular weight excluding hydrogens is 336 g/mol. The fourth-order valence-electron chi connectivity index (χ4n) is 2.94. The largest absolute Gasteiger partial charge is 0.497 e. The van der Waals surface area contributed by atoms with Gasteiger partial charge in [-0.2, -0.15) is 0 Å². The van der Waals surface area contributed by atoms with Crippen LogP contribution in [0.15, 0.2) is 29.8 Å². The van der Waals surface area contributed by atoms with Gasteiger partial charge in [0.25, 0.3) is 0 Å². The normalized spacial score (nSPS) is 14.5. The average Bonchev–Trinajstić information content (AvgIpc) is 3.07. The van der Waals surface area contributed by atoms with Crippen LogP contribution < -0.4 is 15.0 Å². The van der Waals surface area contributed by atoms with Gasteiger partial charge in [-0.15, -0.1) is 11.3 Å². The van der Waals surface area contributed by atoms with Crippen molar-refractivity contribution in [3.05, 3.63) is 40.3 Å². The molecule has 134 valence electrons. The van der Waals surface area contributed by atoms with E-state index in [0.29, 0.717) is 6.54 Å². The molecule has 2 aromatic rings. The van der Waals surface area contributed by atoms with Gasteiger partial charge in [0, 0.05) is 55.8 Å². The lowest BCUT2D eigenvalue weighted by molar-refractivity contribution is 0.194. The number of carbonyl (C=O) groups is 1. The number of methoxy groups -OCH3 is 1. The van der Waals surface area contributed by atoms with Crippen LogP contribution in [-0.2, 0) is 6.42 Å². The SMILES string of the molecule is COc1cccc(N2CCN(C(=O)NCCc3scnc3C)CC2)c1. The first-order chi connectivity index (χ1) is 12.2. The second-order valence-corrected chi connectivity index (χ2v) is 6.96. The molecule has 0 bridgehead atoms. The van der Waals surface area contributed by atoms with Gasteiger partial charge in [0.2, 0.25) is 0 Å². The summed E-state index contributed by atoms with van der Waals surface area (Å²) in [7, 11) is 1.68. The smallest absolute Gasteiger partial charge is 0.317 e. The Morgan fingerprint density at radius 2 is 2.12 bits per heavy atom. The van der Waals surface area contributed by atoms with Gasteiger partial charge in [-0.3, -0.25) is 0 Å². The number of benzene rings is 1. The van der Waals surface area contributed by atoms with Crippen molar-refractivity contribution in [2.45, 2.75) is 13.3 Å². The Bertz CT molecular complexity index is 711. The molecule has 1 saturated heterocycles. The summed E-state index contributed by atoms with van der Waals surface area (Å²) in [5.41, 5.74) is 4.05. The Kier molecular flexibility index (Phi) is 5.75. The lowest BCUT2D eigenvalue weighted by Gasteiger charge is -2.36. The van der Waals surface area contributed by atoms with Gasteiger partial charge in [0.15, 0.2) is 0 Å². The van der Waals surface area contributed by atoms with Gasteiger partial charge >= 0.3 is 6.03 Å². The third kappa shape index (κ3) is 4.42. The van der Waals surface area contributed by atoms with Crippen molar-refractivity contribution in [2.75, 3.05) is 44.7 Å². The topological polar surface area (TPSA) is 57.7 Å². The minimum absolute atomic E-state index is 0.0208. The standard InChI is InChI=1S/C18H24N4O2S/c1-14-17(25-13-20-14)6-7-19-18(23)22-10-8-21(9-11-22)15-4-3-5-16(12-15)24-2/h3-5,12-13H,6-11H2,1-2H3,(H,19,23). The number of hydrogen-bond acceptors (Lipinski definition) is 5. The minimum Gasteiger partial charge on any atom is -0.497 e. The summed E-state index contributed by atoms with van der Waals surface area (Å²) in [4.78, 5) is 22.0. The Morgan fingerprint density at radius 1 is 1.32 bits per heavy atom. The van der Waals surface area contributed by atoms with Crippen LogP contribution in [0.2, 0.25) is 0 Å². The molecule has 0 unspecified atom stereocenters. The van der Waals surface area contributed by atoms with Gasteiger partial charge < -0.3 is 19.9 Å². The number of ether oxygens (including phenoxy) is 1. The molecule has 0 saturated carbocycles. The summed E-state index contributed by atoms with van der Waals surface area (Å²) in [6.45, 7) is 5.76. The number of amides is 2. The van der Waals surface area contributed by atoms with E-state index in [1.165, 1.54) is 4.88 Å². The molecule has 0 radical (unpaired) electrons. The van der Waals surface area contributed by atoms with E-state index in [9.17, 15) is 4.79 Å². The summed E-state index contributed by atoms with van der Waals surface area (Å²) in [5, 5.41) is 3.02. The fourth-order valence-corrected chi connectivity index (χ4v) is 3.72. The van der Waals surface area contributed by atoms with E-state index in [2.05, 4.69) is 21.3 Å². The van der Waals surface area contributed by atoms with Gasteiger partial charge in [-0.1, -0.05) is 6.07 Å². The molecule has 0 spiro atoms. The maximum absolute atomic E-state index is 12.3. The van der Waals surface area contributed by atoms with E-state index in [1.807, 2.05) is 35.5 Å². The van der Waals surface area contributed by atoms with Crippen molar-refractivity contribution in [3.8, 4) is 5.75 Å². The minimum atomic E-state index is 0.0208. The lowest BCUT2D eigenvalue weighted by atomic mass is 10.2. The van der Waals surface area contributed by atoms with E-state index in [1.54, 1.807) is 18.4 Å². The molecule has 1 aliphatic heterocycles. The van der Waals surface area contributed by atoms with E-state index >= 15 is 0 Å². The van der Waals surface area contributed by atoms with Crippen molar-refractivity contribution >= 4 is 23.1 Å². The molecule has 6 nitrogen and oxygen atoms in total. The number of piperazine rings is 1. The van der Waals surface area contributed by atoms with Gasteiger partial charge in [0.1, 0.15) is 5.75 Å². The number of aryl methyl sites for hydroxylation is 1. The third-order valence-corrected chi connectivity index (χ3v) is 5.45. The number of hydrogen-bond donors (Lipinski definition) is 1. The monoisotopic (exact) mass is 360 g/mol. The number of nitrogens with zero attached hydrogens (tertiary/aromatic N) is 3. The van der Waals surface area contributed by atoms with Gasteiger partial charge in [0.05, 0.1) is 18.3 Å². The number of anilines is 1. The molecule has 1 aromatic carbocycles. The molecular formula is C18H24N4O2S. The van der Waals surface area contributed by atoms with Crippen LogP contribution in [-0.4, -0.2) is 55.7 Å². The molecule has 3 rings (SSSR count). The highest BCUT2D eigenvalue weighted by Gasteiger charge is 2.21. The van der Waals surface area contributed by atoms with Crippen molar-refractivity contribution in [3.63, 3.8) is 0 Å². The highest BCUT2D eigenvalue weighted by molar-refractivity contribution is 7.09. The zero-order valence-electron chi connectivity index (χ0n) is 14.7. The molecule has 1 aliphatic rings. The van der Waals surface area contributed by atoms with Gasteiger partial charge in [-0.25, -0.2) is 9.78 Å². The second-order valence-electron chi connectivity index (χ2n) is 6.02. The third-order valence-electron chi connectivity index (χ3n) is 4.46. The maximum atomic E-state index is 12.3. The van der Waals surface area contributed by atoms with E-state index in [0.717, 1.165) is 49.7 Å². The number of carbonyl (C=O) groups excluding carboxylic acids is 1. The molecule has 1 aromatic heterocycles. The molecule has 25 heavy (non-hydrogen) atoms. The predicted octanol–water partition coefficient (Wildman–Crippen LogP) is 2.53. The number of urea groups is 1. The van der Waals surface area contributed by atoms with Crippen LogP contribution in [0.3, 0.4) is 0 Å².